The van der Waals surface area contributed by atoms with Crippen molar-refractivity contribution in [2.75, 3.05) is 14.1 Å². The lowest BCUT2D eigenvalue weighted by molar-refractivity contribution is -0.166. The van der Waals surface area contributed by atoms with Gasteiger partial charge in [0.1, 0.15) is 6.07 Å². The molecule has 226 valence electrons. The molecule has 6 rings (SSSR count). The van der Waals surface area contributed by atoms with Crippen LogP contribution in [0.15, 0.2) is 27.8 Å². The summed E-state index contributed by atoms with van der Waals surface area (Å²) in [6.45, 7) is 16.2. The first-order valence-corrected chi connectivity index (χ1v) is 16.0. The summed E-state index contributed by atoms with van der Waals surface area (Å²) in [6.07, 6.45) is 9.60. The van der Waals surface area contributed by atoms with Gasteiger partial charge in [0.15, 0.2) is 17.4 Å². The predicted octanol–water partition coefficient (Wildman–Crippen LogP) is 6.46. The number of hydrogen-bond acceptors (Lipinski definition) is 7. The minimum atomic E-state index is -0.658. The Morgan fingerprint density at radius 3 is 2.43 bits per heavy atom. The molecule has 1 aromatic heterocycles. The number of carbonyl (C=O) groups is 2. The molecule has 0 amide bonds. The maximum atomic E-state index is 14.8. The van der Waals surface area contributed by atoms with Gasteiger partial charge >= 0.3 is 0 Å². The molecular formula is C35H48N4O3. The lowest BCUT2D eigenvalue weighted by atomic mass is 9.34. The predicted molar refractivity (Wildman–Crippen MR) is 160 cm³/mol. The number of allylic oxidation sites excluding steroid dienone is 4. The van der Waals surface area contributed by atoms with Crippen molar-refractivity contribution in [1.82, 2.24) is 15.0 Å². The minimum absolute atomic E-state index is 0.0479. The van der Waals surface area contributed by atoms with Crippen molar-refractivity contribution in [2.45, 2.75) is 99.0 Å². The Morgan fingerprint density at radius 2 is 1.76 bits per heavy atom. The lowest BCUT2D eigenvalue weighted by Gasteiger charge is -2.69. The number of rotatable bonds is 3. The quantitative estimate of drug-likeness (QED) is 0.410. The van der Waals surface area contributed by atoms with Crippen LogP contribution in [-0.4, -0.2) is 40.7 Å². The van der Waals surface area contributed by atoms with E-state index in [2.05, 4.69) is 45.8 Å². The summed E-state index contributed by atoms with van der Waals surface area (Å²) in [7, 11) is 4.01. The summed E-state index contributed by atoms with van der Waals surface area (Å²) >= 11 is 0. The van der Waals surface area contributed by atoms with Crippen LogP contribution < -0.4 is 0 Å². The molecule has 5 aliphatic rings. The van der Waals surface area contributed by atoms with Gasteiger partial charge in [-0.2, -0.15) is 10.2 Å². The van der Waals surface area contributed by atoms with Gasteiger partial charge < -0.3 is 9.42 Å². The second-order valence-corrected chi connectivity index (χ2v) is 16.1. The molecule has 5 aliphatic carbocycles. The number of fused-ring (bicyclic) bond motifs is 7. The van der Waals surface area contributed by atoms with Crippen LogP contribution in [0.1, 0.15) is 98.7 Å². The van der Waals surface area contributed by atoms with Gasteiger partial charge in [-0.15, -0.1) is 0 Å². The van der Waals surface area contributed by atoms with E-state index in [4.69, 9.17) is 9.51 Å². The fourth-order valence-corrected chi connectivity index (χ4v) is 11.0. The molecule has 9 atom stereocenters. The van der Waals surface area contributed by atoms with Crippen molar-refractivity contribution in [1.29, 1.82) is 5.26 Å². The first-order chi connectivity index (χ1) is 19.6. The number of carbonyl (C=O) groups excluding carboxylic acids is 2. The van der Waals surface area contributed by atoms with E-state index in [9.17, 15) is 14.9 Å². The van der Waals surface area contributed by atoms with Crippen LogP contribution in [0.4, 0.5) is 0 Å². The Kier molecular flexibility index (Phi) is 6.46. The maximum absolute atomic E-state index is 14.8. The van der Waals surface area contributed by atoms with E-state index < -0.39 is 10.8 Å². The second-order valence-electron chi connectivity index (χ2n) is 16.1. The monoisotopic (exact) mass is 572 g/mol. The van der Waals surface area contributed by atoms with Gasteiger partial charge in [0, 0.05) is 16.7 Å². The maximum Gasteiger partial charge on any atom is 0.233 e. The van der Waals surface area contributed by atoms with Crippen molar-refractivity contribution >= 4 is 11.6 Å². The summed E-state index contributed by atoms with van der Waals surface area (Å²) < 4.78 is 6.09. The van der Waals surface area contributed by atoms with Crippen molar-refractivity contribution in [2.24, 2.45) is 51.2 Å². The Labute approximate surface area is 251 Å². The zero-order valence-corrected chi connectivity index (χ0v) is 27.0. The fourth-order valence-electron chi connectivity index (χ4n) is 11.0. The average molecular weight is 573 g/mol. The van der Waals surface area contributed by atoms with E-state index in [1.165, 1.54) is 0 Å². The molecule has 0 N–H and O–H groups in total. The molecule has 7 heteroatoms. The van der Waals surface area contributed by atoms with Crippen molar-refractivity contribution in [3.63, 3.8) is 0 Å². The average Bonchev–Trinajstić information content (AvgIpc) is 3.38. The zero-order chi connectivity index (χ0) is 30.6. The summed E-state index contributed by atoms with van der Waals surface area (Å²) in [4.78, 5) is 35.1. The second kappa shape index (κ2) is 9.21. The van der Waals surface area contributed by atoms with Crippen LogP contribution in [0, 0.1) is 62.6 Å². The number of ketones is 2. The number of nitrogens with zero attached hydrogens (tertiary/aromatic N) is 4. The number of hydrogen-bond donors (Lipinski definition) is 0. The Morgan fingerprint density at radius 1 is 1.05 bits per heavy atom. The summed E-state index contributed by atoms with van der Waals surface area (Å²) in [6, 6.07) is 2.21. The van der Waals surface area contributed by atoms with Gasteiger partial charge in [0.25, 0.3) is 0 Å². The topological polar surface area (TPSA) is 100 Å². The van der Waals surface area contributed by atoms with Crippen LogP contribution in [0.5, 0.6) is 0 Å². The first-order valence-electron chi connectivity index (χ1n) is 16.0. The summed E-state index contributed by atoms with van der Waals surface area (Å²) in [5, 5.41) is 14.4. The third-order valence-electron chi connectivity index (χ3n) is 13.6. The highest BCUT2D eigenvalue weighted by Crippen LogP contribution is 2.74. The van der Waals surface area contributed by atoms with E-state index in [1.807, 2.05) is 45.0 Å². The Bertz CT molecular complexity index is 1450. The summed E-state index contributed by atoms with van der Waals surface area (Å²) in [5.74, 6) is 2.40. The molecular weight excluding hydrogens is 524 g/mol. The van der Waals surface area contributed by atoms with Crippen molar-refractivity contribution < 1.29 is 14.1 Å². The van der Waals surface area contributed by atoms with Crippen LogP contribution in [0.25, 0.3) is 0 Å². The molecule has 1 heterocycles. The highest BCUT2D eigenvalue weighted by Gasteiger charge is 2.71. The van der Waals surface area contributed by atoms with Crippen LogP contribution in [0.3, 0.4) is 0 Å². The third-order valence-corrected chi connectivity index (χ3v) is 13.6. The molecule has 0 spiro atoms. The van der Waals surface area contributed by atoms with Gasteiger partial charge in [-0.05, 0) is 93.2 Å². The Hall–Kier alpha value is -2.59. The van der Waals surface area contributed by atoms with Crippen molar-refractivity contribution in [3.8, 4) is 6.07 Å². The molecule has 0 aromatic carbocycles. The molecule has 0 radical (unpaired) electrons. The summed E-state index contributed by atoms with van der Waals surface area (Å²) in [5.41, 5.74) is -0.604. The van der Waals surface area contributed by atoms with Crippen molar-refractivity contribution in [3.05, 3.63) is 35.0 Å². The lowest BCUT2D eigenvalue weighted by Crippen LogP contribution is -2.66. The van der Waals surface area contributed by atoms with Gasteiger partial charge in [-0.25, -0.2) is 0 Å². The fraction of sp³-hybridized carbons (Fsp3) is 0.743. The van der Waals surface area contributed by atoms with E-state index in [1.54, 1.807) is 0 Å². The smallest absolute Gasteiger partial charge is 0.233 e. The highest BCUT2D eigenvalue weighted by molar-refractivity contribution is 6.04. The standard InChI is InChI=1S/C35H48N4O3/c1-20-10-13-35(30-37-26(38-42-30)19-39(8)9)15-14-34(7)28(27(35)21(20)2)23(40)16-25-32(5)17-22(18-36)29(41)31(3,4)24(32)11-12-33(25,34)6/h16-17,20-21,24,27-28H,10-15,19H2,1-9H3/t20-,21+,24+,27+,28-,32+,33-,34-,35+/m1/s1. The molecule has 3 fully saturated rings. The van der Waals surface area contributed by atoms with E-state index >= 15 is 0 Å². The van der Waals surface area contributed by atoms with Gasteiger partial charge in [-0.3, -0.25) is 9.59 Å². The van der Waals surface area contributed by atoms with Crippen LogP contribution in [-0.2, 0) is 21.5 Å². The molecule has 0 bridgehead atoms. The number of Topliss-reactive ketones (excluding diaryl/α,β-unsaturated/α-hetero) is 1. The third kappa shape index (κ3) is 3.60. The molecule has 7 nitrogen and oxygen atoms in total. The van der Waals surface area contributed by atoms with Crippen LogP contribution >= 0.6 is 0 Å². The van der Waals surface area contributed by atoms with Crippen LogP contribution in [0.2, 0.25) is 0 Å². The molecule has 0 unspecified atom stereocenters. The van der Waals surface area contributed by atoms with Gasteiger partial charge in [0.2, 0.25) is 5.89 Å². The molecule has 42 heavy (non-hydrogen) atoms. The first kappa shape index (κ1) is 29.5. The number of aromatic nitrogens is 2. The molecule has 0 saturated heterocycles. The zero-order valence-electron chi connectivity index (χ0n) is 27.0. The largest absolute Gasteiger partial charge is 0.339 e. The highest BCUT2D eigenvalue weighted by atomic mass is 16.5. The van der Waals surface area contributed by atoms with Gasteiger partial charge in [0.05, 0.1) is 17.5 Å². The van der Waals surface area contributed by atoms with E-state index in [0.29, 0.717) is 24.2 Å². The normalized spacial score (nSPS) is 44.3. The SMILES string of the molecule is C[C@@H]1[C@H]2[C@H]3C(=O)C=C4[C@@]5(C)C=C(C#N)C(=O)C(C)(C)[C@@H]5CC[C@@]4(C)[C@]3(C)CC[C@@]2(c2nc(CN(C)C)no2)CC[C@H]1C. The molecule has 3 saturated carbocycles. The number of nitriles is 1. The molecule has 1 aromatic rings. The van der Waals surface area contributed by atoms with Gasteiger partial charge in [-0.1, -0.05) is 65.3 Å². The molecule has 0 aliphatic heterocycles. The van der Waals surface area contributed by atoms with E-state index in [-0.39, 0.29) is 51.1 Å². The van der Waals surface area contributed by atoms with E-state index in [0.717, 1.165) is 50.0 Å². The minimum Gasteiger partial charge on any atom is -0.339 e. The Balaban J connectivity index is 1.51.